The summed E-state index contributed by atoms with van der Waals surface area (Å²) in [4.78, 5) is 21.5. The summed E-state index contributed by atoms with van der Waals surface area (Å²) in [6.45, 7) is 5.84. The molecule has 0 aliphatic rings. The molecule has 0 aliphatic carbocycles. The first-order chi connectivity index (χ1) is 6.93. The van der Waals surface area contributed by atoms with E-state index in [9.17, 15) is 9.59 Å². The number of carbonyl (C=O) groups excluding carboxylic acids is 2. The first-order valence-electron chi connectivity index (χ1n) is 5.00. The second-order valence-electron chi connectivity index (χ2n) is 3.77. The van der Waals surface area contributed by atoms with E-state index in [2.05, 4.69) is 18.6 Å². The summed E-state index contributed by atoms with van der Waals surface area (Å²) in [6.07, 6.45) is 0.232. The quantitative estimate of drug-likeness (QED) is 0.628. The molecule has 15 heavy (non-hydrogen) atoms. The molecular formula is C10H19NO4. The minimum Gasteiger partial charge on any atom is -0.454 e. The van der Waals surface area contributed by atoms with Gasteiger partial charge in [0.05, 0.1) is 0 Å². The Morgan fingerprint density at radius 2 is 1.87 bits per heavy atom. The molecule has 2 N–H and O–H groups in total. The largest absolute Gasteiger partial charge is 0.454 e. The summed E-state index contributed by atoms with van der Waals surface area (Å²) >= 11 is 0. The molecule has 5 nitrogen and oxygen atoms in total. The highest BCUT2D eigenvalue weighted by molar-refractivity contribution is 5.80. The van der Waals surface area contributed by atoms with E-state index in [0.717, 1.165) is 6.42 Å². The number of rotatable bonds is 7. The Morgan fingerprint density at radius 3 is 2.33 bits per heavy atom. The van der Waals surface area contributed by atoms with Crippen molar-refractivity contribution in [3.05, 3.63) is 0 Å². The number of nitrogens with two attached hydrogens (primary N) is 1. The molecule has 1 unspecified atom stereocenters. The summed E-state index contributed by atoms with van der Waals surface area (Å²) in [5.74, 6) is -0.700. The molecule has 0 aromatic rings. The molecule has 1 atom stereocenters. The van der Waals surface area contributed by atoms with Gasteiger partial charge in [0, 0.05) is 6.61 Å². The van der Waals surface area contributed by atoms with Crippen molar-refractivity contribution in [2.24, 2.45) is 11.7 Å². The lowest BCUT2D eigenvalue weighted by atomic mass is 10.1. The van der Waals surface area contributed by atoms with E-state index in [4.69, 9.17) is 10.5 Å². The van der Waals surface area contributed by atoms with Crippen LogP contribution in [0.4, 0.5) is 0 Å². The highest BCUT2D eigenvalue weighted by Gasteiger charge is 2.15. The maximum atomic E-state index is 11.2. The predicted octanol–water partition coefficient (Wildman–Crippen LogP) is 0.466. The van der Waals surface area contributed by atoms with Crippen molar-refractivity contribution in [1.29, 1.82) is 0 Å². The molecule has 1 amide bonds. The second-order valence-corrected chi connectivity index (χ2v) is 3.77. The van der Waals surface area contributed by atoms with Crippen molar-refractivity contribution in [3.63, 3.8) is 0 Å². The van der Waals surface area contributed by atoms with E-state index < -0.39 is 24.6 Å². The lowest BCUT2D eigenvalue weighted by molar-refractivity contribution is -0.158. The zero-order valence-corrected chi connectivity index (χ0v) is 9.49. The molecule has 0 aromatic heterocycles. The summed E-state index contributed by atoms with van der Waals surface area (Å²) in [5, 5.41) is 0. The zero-order valence-electron chi connectivity index (χ0n) is 9.49. The number of primary amides is 1. The number of hydrogen-bond donors (Lipinski definition) is 1. The molecule has 0 bridgehead atoms. The number of carbonyl (C=O) groups is 2. The lowest BCUT2D eigenvalue weighted by Crippen LogP contribution is -2.28. The number of esters is 1. The Morgan fingerprint density at radius 1 is 1.27 bits per heavy atom. The standard InChI is InChI=1S/C10H19NO4/c1-7(2)4-5-14-8(3)10(13)15-6-9(11)12/h7-8H,4-6H2,1-3H3,(H2,11,12). The highest BCUT2D eigenvalue weighted by atomic mass is 16.6. The minimum atomic E-state index is -0.669. The summed E-state index contributed by atoms with van der Waals surface area (Å²) in [6, 6.07) is 0. The third kappa shape index (κ3) is 7.93. The van der Waals surface area contributed by atoms with Crippen molar-refractivity contribution in [2.75, 3.05) is 13.2 Å². The van der Waals surface area contributed by atoms with Crippen LogP contribution in [0.2, 0.25) is 0 Å². The van der Waals surface area contributed by atoms with Gasteiger partial charge in [0.1, 0.15) is 0 Å². The molecule has 0 saturated heterocycles. The van der Waals surface area contributed by atoms with Crippen LogP contribution in [0, 0.1) is 5.92 Å². The molecule has 0 radical (unpaired) electrons. The molecule has 0 saturated carbocycles. The van der Waals surface area contributed by atoms with Crippen LogP contribution in [0.5, 0.6) is 0 Å². The van der Waals surface area contributed by atoms with Crippen LogP contribution in [0.3, 0.4) is 0 Å². The van der Waals surface area contributed by atoms with Crippen LogP contribution in [0.25, 0.3) is 0 Å². The van der Waals surface area contributed by atoms with Crippen molar-refractivity contribution in [3.8, 4) is 0 Å². The highest BCUT2D eigenvalue weighted by Crippen LogP contribution is 2.02. The van der Waals surface area contributed by atoms with Crippen LogP contribution in [0.1, 0.15) is 27.2 Å². The van der Waals surface area contributed by atoms with Crippen LogP contribution in [-0.4, -0.2) is 31.2 Å². The topological polar surface area (TPSA) is 78.6 Å². The molecule has 0 fully saturated rings. The van der Waals surface area contributed by atoms with Crippen LogP contribution in [0.15, 0.2) is 0 Å². The van der Waals surface area contributed by atoms with Crippen LogP contribution >= 0.6 is 0 Å². The summed E-state index contributed by atoms with van der Waals surface area (Å²) < 4.78 is 9.80. The van der Waals surface area contributed by atoms with Gasteiger partial charge in [-0.3, -0.25) is 4.79 Å². The molecule has 0 spiro atoms. The summed E-state index contributed by atoms with van der Waals surface area (Å²) in [7, 11) is 0. The Balaban J connectivity index is 3.64. The third-order valence-electron chi connectivity index (χ3n) is 1.75. The fourth-order valence-electron chi connectivity index (χ4n) is 0.808. The van der Waals surface area contributed by atoms with E-state index in [0.29, 0.717) is 12.5 Å². The Kier molecular flexibility index (Phi) is 6.70. The normalized spacial score (nSPS) is 12.5. The maximum absolute atomic E-state index is 11.2. The fourth-order valence-corrected chi connectivity index (χ4v) is 0.808. The number of hydrogen-bond acceptors (Lipinski definition) is 4. The minimum absolute atomic E-state index is 0.392. The first-order valence-corrected chi connectivity index (χ1v) is 5.00. The van der Waals surface area contributed by atoms with Crippen LogP contribution in [-0.2, 0) is 19.1 Å². The average Bonchev–Trinajstić information content (AvgIpc) is 2.13. The lowest BCUT2D eigenvalue weighted by Gasteiger charge is -2.12. The van der Waals surface area contributed by atoms with Gasteiger partial charge in [0.25, 0.3) is 5.91 Å². The molecule has 0 aliphatic heterocycles. The summed E-state index contributed by atoms with van der Waals surface area (Å²) in [5.41, 5.74) is 4.82. The van der Waals surface area contributed by atoms with E-state index in [1.54, 1.807) is 6.92 Å². The zero-order chi connectivity index (χ0) is 11.8. The monoisotopic (exact) mass is 217 g/mol. The van der Waals surface area contributed by atoms with Gasteiger partial charge in [-0.05, 0) is 19.3 Å². The van der Waals surface area contributed by atoms with Crippen molar-refractivity contribution >= 4 is 11.9 Å². The van der Waals surface area contributed by atoms with Crippen molar-refractivity contribution < 1.29 is 19.1 Å². The second kappa shape index (κ2) is 7.23. The van der Waals surface area contributed by atoms with Crippen molar-refractivity contribution in [2.45, 2.75) is 33.3 Å². The van der Waals surface area contributed by atoms with Gasteiger partial charge in [0.2, 0.25) is 0 Å². The molecule has 0 aromatic carbocycles. The van der Waals surface area contributed by atoms with Gasteiger partial charge in [-0.1, -0.05) is 13.8 Å². The van der Waals surface area contributed by atoms with Crippen LogP contribution < -0.4 is 5.73 Å². The molecule has 0 heterocycles. The average molecular weight is 217 g/mol. The van der Waals surface area contributed by atoms with Crippen molar-refractivity contribution in [1.82, 2.24) is 0 Å². The Bertz CT molecular complexity index is 215. The maximum Gasteiger partial charge on any atom is 0.335 e. The molecule has 0 rings (SSSR count). The fraction of sp³-hybridized carbons (Fsp3) is 0.800. The van der Waals surface area contributed by atoms with Gasteiger partial charge in [-0.25, -0.2) is 4.79 Å². The van der Waals surface area contributed by atoms with E-state index >= 15 is 0 Å². The SMILES string of the molecule is CC(C)CCOC(C)C(=O)OCC(N)=O. The number of ether oxygens (including phenoxy) is 2. The van der Waals surface area contributed by atoms with Gasteiger partial charge in [-0.2, -0.15) is 0 Å². The Labute approximate surface area is 89.9 Å². The van der Waals surface area contributed by atoms with E-state index in [1.165, 1.54) is 0 Å². The van der Waals surface area contributed by atoms with Gasteiger partial charge in [-0.15, -0.1) is 0 Å². The van der Waals surface area contributed by atoms with Gasteiger partial charge in [0.15, 0.2) is 12.7 Å². The molecule has 88 valence electrons. The number of amides is 1. The van der Waals surface area contributed by atoms with Gasteiger partial charge < -0.3 is 15.2 Å². The van der Waals surface area contributed by atoms with E-state index in [1.807, 2.05) is 0 Å². The predicted molar refractivity (Wildman–Crippen MR) is 55.0 cm³/mol. The van der Waals surface area contributed by atoms with Gasteiger partial charge >= 0.3 is 5.97 Å². The Hall–Kier alpha value is -1.10. The smallest absolute Gasteiger partial charge is 0.335 e. The third-order valence-corrected chi connectivity index (χ3v) is 1.75. The first kappa shape index (κ1) is 13.9. The molecular weight excluding hydrogens is 198 g/mol. The molecule has 5 heteroatoms. The van der Waals surface area contributed by atoms with E-state index in [-0.39, 0.29) is 0 Å².